The molecule has 3 nitrogen and oxygen atoms in total. The van der Waals surface area contributed by atoms with Gasteiger partial charge in [-0.1, -0.05) is 19.3 Å². The van der Waals surface area contributed by atoms with Gasteiger partial charge in [-0.2, -0.15) is 0 Å². The van der Waals surface area contributed by atoms with E-state index < -0.39 is 0 Å². The second-order valence-corrected chi connectivity index (χ2v) is 5.78. The lowest BCUT2D eigenvalue weighted by atomic mass is 9.95. The molecule has 1 rings (SSSR count). The molecule has 4 heteroatoms. The monoisotopic (exact) mass is 217 g/mol. The van der Waals surface area contributed by atoms with Crippen LogP contribution < -0.4 is 5.32 Å². The normalized spacial score (nSPS) is 20.1. The third-order valence-electron chi connectivity index (χ3n) is 3.18. The minimum absolute atomic E-state index is 0.336. The Morgan fingerprint density at radius 1 is 1.21 bits per heavy atom. The highest BCUT2D eigenvalue weighted by Gasteiger charge is 2.23. The summed E-state index contributed by atoms with van der Waals surface area (Å²) in [6.45, 7) is 0.830. The smallest absolute Gasteiger partial charge is 0.152 e. The maximum absolute atomic E-state index is 5.36. The van der Waals surface area contributed by atoms with Crippen molar-refractivity contribution in [3.63, 3.8) is 0 Å². The van der Waals surface area contributed by atoms with E-state index in [0.717, 1.165) is 16.8 Å². The average molecular weight is 217 g/mol. The van der Waals surface area contributed by atoms with Gasteiger partial charge in [0.2, 0.25) is 0 Å². The Labute approximate surface area is 90.0 Å². The van der Waals surface area contributed by atoms with Crippen molar-refractivity contribution in [2.45, 2.75) is 43.6 Å². The predicted molar refractivity (Wildman–Crippen MR) is 61.6 cm³/mol. The molecule has 1 aliphatic carbocycles. The van der Waals surface area contributed by atoms with Gasteiger partial charge in [-0.3, -0.25) is 0 Å². The summed E-state index contributed by atoms with van der Waals surface area (Å²) in [6.07, 6.45) is 6.76. The molecule has 84 valence electrons. The van der Waals surface area contributed by atoms with E-state index in [9.17, 15) is 0 Å². The van der Waals surface area contributed by atoms with Crippen LogP contribution >= 0.6 is 0 Å². The lowest BCUT2D eigenvalue weighted by molar-refractivity contribution is -0.139. The third-order valence-corrected chi connectivity index (χ3v) is 4.35. The Bertz CT molecular complexity index is 156. The van der Waals surface area contributed by atoms with Crippen LogP contribution in [0.1, 0.15) is 32.1 Å². The summed E-state index contributed by atoms with van der Waals surface area (Å²) < 4.78 is 10.7. The molecule has 0 spiro atoms. The number of methoxy groups -OCH3 is 2. The number of hydrogen-bond acceptors (Lipinski definition) is 3. The lowest BCUT2D eigenvalue weighted by Gasteiger charge is -2.31. The van der Waals surface area contributed by atoms with Gasteiger partial charge in [0.05, 0.1) is 10.2 Å². The number of ether oxygens (including phenoxy) is 2. The van der Waals surface area contributed by atoms with Crippen molar-refractivity contribution in [2.75, 3.05) is 20.8 Å². The molecule has 1 saturated carbocycles. The Hall–Kier alpha value is 0.0969. The topological polar surface area (TPSA) is 30.5 Å². The summed E-state index contributed by atoms with van der Waals surface area (Å²) in [4.78, 5) is 0. The molecular weight excluding hydrogens is 194 g/mol. The maximum Gasteiger partial charge on any atom is 0.152 e. The first kappa shape index (κ1) is 12.2. The van der Waals surface area contributed by atoms with Gasteiger partial charge >= 0.3 is 0 Å². The van der Waals surface area contributed by atoms with Gasteiger partial charge < -0.3 is 14.8 Å². The number of rotatable bonds is 5. The van der Waals surface area contributed by atoms with E-state index in [1.165, 1.54) is 32.1 Å². The molecular formula is C10H23NO2Si. The summed E-state index contributed by atoms with van der Waals surface area (Å²) in [5, 5.41) is 3.55. The highest BCUT2D eigenvalue weighted by atomic mass is 28.1. The molecule has 1 aliphatic rings. The largest absolute Gasteiger partial charge is 0.357 e. The predicted octanol–water partition coefficient (Wildman–Crippen LogP) is 0.221. The standard InChI is InChI=1S/C10H23NO2Si/c1-12-10(14,13-2)8-11-9-6-4-3-5-7-9/h9,11H,3-8H2,1-2,14H3. The van der Waals surface area contributed by atoms with Crippen molar-refractivity contribution in [1.82, 2.24) is 5.32 Å². The Balaban J connectivity index is 2.23. The van der Waals surface area contributed by atoms with E-state index in [4.69, 9.17) is 9.47 Å². The molecule has 0 saturated heterocycles. The van der Waals surface area contributed by atoms with Crippen LogP contribution in [0.25, 0.3) is 0 Å². The van der Waals surface area contributed by atoms with Crippen LogP contribution in [0.2, 0.25) is 0 Å². The van der Waals surface area contributed by atoms with Gasteiger partial charge in [0.15, 0.2) is 5.41 Å². The zero-order valence-corrected chi connectivity index (χ0v) is 11.6. The quantitative estimate of drug-likeness (QED) is 0.528. The van der Waals surface area contributed by atoms with Crippen molar-refractivity contribution < 1.29 is 9.47 Å². The van der Waals surface area contributed by atoms with E-state index in [-0.39, 0.29) is 5.41 Å². The fraction of sp³-hybridized carbons (Fsp3) is 1.00. The van der Waals surface area contributed by atoms with E-state index in [0.29, 0.717) is 6.04 Å². The van der Waals surface area contributed by atoms with E-state index in [1.807, 2.05) is 0 Å². The van der Waals surface area contributed by atoms with E-state index in [1.54, 1.807) is 14.2 Å². The van der Waals surface area contributed by atoms with Gasteiger partial charge in [-0.05, 0) is 12.8 Å². The number of hydrogen-bond donors (Lipinski definition) is 1. The van der Waals surface area contributed by atoms with Crippen molar-refractivity contribution in [1.29, 1.82) is 0 Å². The van der Waals surface area contributed by atoms with Crippen LogP contribution in [0.4, 0.5) is 0 Å². The summed E-state index contributed by atoms with van der Waals surface area (Å²) in [6, 6.07) is 0.683. The van der Waals surface area contributed by atoms with Crippen molar-refractivity contribution >= 4 is 10.2 Å². The van der Waals surface area contributed by atoms with Crippen LogP contribution in [0.3, 0.4) is 0 Å². The fourth-order valence-electron chi connectivity index (χ4n) is 1.86. The lowest BCUT2D eigenvalue weighted by Crippen LogP contribution is -2.48. The van der Waals surface area contributed by atoms with Gasteiger partial charge in [0.1, 0.15) is 0 Å². The first-order valence-electron chi connectivity index (χ1n) is 5.54. The van der Waals surface area contributed by atoms with Crippen LogP contribution in [0.5, 0.6) is 0 Å². The summed E-state index contributed by atoms with van der Waals surface area (Å²) in [5.41, 5.74) is -0.336. The van der Waals surface area contributed by atoms with Gasteiger partial charge in [-0.15, -0.1) is 0 Å². The highest BCUT2D eigenvalue weighted by molar-refractivity contribution is 6.13. The van der Waals surface area contributed by atoms with Crippen molar-refractivity contribution in [3.8, 4) is 0 Å². The number of nitrogens with one attached hydrogen (secondary N) is 1. The van der Waals surface area contributed by atoms with Crippen LogP contribution in [-0.4, -0.2) is 42.5 Å². The maximum atomic E-state index is 5.36. The minimum Gasteiger partial charge on any atom is -0.357 e. The first-order chi connectivity index (χ1) is 6.70. The molecule has 1 N–H and O–H groups in total. The zero-order chi connectivity index (χ0) is 10.4. The molecule has 0 unspecified atom stereocenters. The van der Waals surface area contributed by atoms with Crippen LogP contribution in [-0.2, 0) is 9.47 Å². The molecule has 0 aromatic rings. The molecule has 0 aromatic carbocycles. The second-order valence-electron chi connectivity index (χ2n) is 4.26. The molecule has 0 radical (unpaired) electrons. The SMILES string of the molecule is COC([SiH3])(CNC1CCCCC1)OC. The molecule has 0 heterocycles. The van der Waals surface area contributed by atoms with Gasteiger partial charge in [0, 0.05) is 26.8 Å². The molecule has 1 fully saturated rings. The zero-order valence-electron chi connectivity index (χ0n) is 9.64. The second kappa shape index (κ2) is 5.85. The van der Waals surface area contributed by atoms with Crippen molar-refractivity contribution in [2.24, 2.45) is 0 Å². The van der Waals surface area contributed by atoms with E-state index in [2.05, 4.69) is 5.32 Å². The average Bonchev–Trinajstić information content (AvgIpc) is 2.27. The summed E-state index contributed by atoms with van der Waals surface area (Å²) in [5.74, 6) is 0. The molecule has 0 bridgehead atoms. The summed E-state index contributed by atoms with van der Waals surface area (Å²) in [7, 11) is 4.34. The molecule has 0 atom stereocenters. The highest BCUT2D eigenvalue weighted by Crippen LogP contribution is 2.18. The van der Waals surface area contributed by atoms with Crippen LogP contribution in [0, 0.1) is 0 Å². The van der Waals surface area contributed by atoms with Gasteiger partial charge in [0.25, 0.3) is 0 Å². The molecule has 14 heavy (non-hydrogen) atoms. The van der Waals surface area contributed by atoms with E-state index >= 15 is 0 Å². The molecule has 0 amide bonds. The Kier molecular flexibility index (Phi) is 5.09. The summed E-state index contributed by atoms with van der Waals surface area (Å²) >= 11 is 0. The fourth-order valence-corrected chi connectivity index (χ4v) is 2.07. The molecule has 0 aromatic heterocycles. The Morgan fingerprint density at radius 2 is 1.79 bits per heavy atom. The van der Waals surface area contributed by atoms with Gasteiger partial charge in [-0.25, -0.2) is 0 Å². The Morgan fingerprint density at radius 3 is 2.29 bits per heavy atom. The van der Waals surface area contributed by atoms with Crippen LogP contribution in [0.15, 0.2) is 0 Å². The van der Waals surface area contributed by atoms with Crippen molar-refractivity contribution in [3.05, 3.63) is 0 Å². The minimum atomic E-state index is -0.336. The first-order valence-corrected chi connectivity index (χ1v) is 6.54. The molecule has 0 aliphatic heterocycles. The third kappa shape index (κ3) is 3.69.